The molecule has 17 heavy (non-hydrogen) atoms. The van der Waals surface area contributed by atoms with Crippen LogP contribution in [0.2, 0.25) is 0 Å². The Morgan fingerprint density at radius 2 is 1.94 bits per heavy atom. The van der Waals surface area contributed by atoms with E-state index in [4.69, 9.17) is 4.74 Å². The number of alkyl carbamates (subject to hydrolysis) is 1. The Hall–Kier alpha value is -0.770. The Morgan fingerprint density at radius 3 is 2.47 bits per heavy atom. The largest absolute Gasteiger partial charge is 0.450 e. The third-order valence-electron chi connectivity index (χ3n) is 2.81. The molecule has 4 heteroatoms. The van der Waals surface area contributed by atoms with Crippen molar-refractivity contribution in [1.29, 1.82) is 0 Å². The molecule has 0 spiro atoms. The van der Waals surface area contributed by atoms with E-state index in [0.29, 0.717) is 6.61 Å². The Balaban J connectivity index is 3.58. The van der Waals surface area contributed by atoms with E-state index in [1.54, 1.807) is 0 Å². The van der Waals surface area contributed by atoms with E-state index in [2.05, 4.69) is 24.1 Å². The molecule has 1 N–H and O–H groups in total. The summed E-state index contributed by atoms with van der Waals surface area (Å²) in [6, 6.07) is 0.190. The molecule has 1 amide bonds. The molecule has 0 aliphatic rings. The predicted octanol–water partition coefficient (Wildman–Crippen LogP) is 2.63. The Bertz CT molecular complexity index is 194. The summed E-state index contributed by atoms with van der Waals surface area (Å²) in [7, 11) is 0. The van der Waals surface area contributed by atoms with Gasteiger partial charge in [0, 0.05) is 6.04 Å². The molecule has 0 heterocycles. The zero-order valence-corrected chi connectivity index (χ0v) is 11.8. The summed E-state index contributed by atoms with van der Waals surface area (Å²) < 4.78 is 4.97. The number of rotatable bonds is 9. The van der Waals surface area contributed by atoms with Crippen LogP contribution in [0.4, 0.5) is 4.79 Å². The quantitative estimate of drug-likeness (QED) is 0.678. The molecule has 0 fully saturated rings. The number of carbonyl (C=O) groups excluding carboxylic acids is 1. The number of nitrogens with zero attached hydrogens (tertiary/aromatic N) is 1. The van der Waals surface area contributed by atoms with E-state index in [1.807, 2.05) is 13.8 Å². The first-order chi connectivity index (χ1) is 8.13. The monoisotopic (exact) mass is 244 g/mol. The lowest BCUT2D eigenvalue weighted by Crippen LogP contribution is -2.34. The van der Waals surface area contributed by atoms with Crippen LogP contribution < -0.4 is 5.32 Å². The van der Waals surface area contributed by atoms with Gasteiger partial charge in [0.2, 0.25) is 0 Å². The summed E-state index contributed by atoms with van der Waals surface area (Å²) in [4.78, 5) is 13.7. The van der Waals surface area contributed by atoms with Crippen LogP contribution in [0.3, 0.4) is 0 Å². The van der Waals surface area contributed by atoms with E-state index in [1.165, 1.54) is 0 Å². The number of hydrogen-bond donors (Lipinski definition) is 1. The third kappa shape index (κ3) is 8.98. The highest BCUT2D eigenvalue weighted by Gasteiger charge is 2.08. The van der Waals surface area contributed by atoms with Gasteiger partial charge in [0.05, 0.1) is 6.61 Å². The van der Waals surface area contributed by atoms with Crippen LogP contribution in [0.25, 0.3) is 0 Å². The summed E-state index contributed by atoms with van der Waals surface area (Å²) in [5, 5.41) is 2.84. The second-order valence-electron chi connectivity index (χ2n) is 4.35. The molecule has 0 aromatic heterocycles. The molecule has 0 saturated carbocycles. The van der Waals surface area contributed by atoms with Crippen LogP contribution in [-0.2, 0) is 4.74 Å². The fraction of sp³-hybridized carbons (Fsp3) is 0.923. The first-order valence-corrected chi connectivity index (χ1v) is 6.79. The molecular formula is C13H28N2O2. The van der Waals surface area contributed by atoms with Crippen LogP contribution in [0.5, 0.6) is 0 Å². The fourth-order valence-corrected chi connectivity index (χ4v) is 1.67. The summed E-state index contributed by atoms with van der Waals surface area (Å²) in [6.45, 7) is 12.1. The van der Waals surface area contributed by atoms with Crippen LogP contribution in [0.15, 0.2) is 0 Å². The highest BCUT2D eigenvalue weighted by atomic mass is 16.5. The summed E-state index contributed by atoms with van der Waals surface area (Å²) >= 11 is 0. The van der Waals surface area contributed by atoms with Crippen molar-refractivity contribution in [1.82, 2.24) is 10.2 Å². The maximum atomic E-state index is 11.3. The molecule has 4 nitrogen and oxygen atoms in total. The molecule has 0 bridgehead atoms. The average molecular weight is 244 g/mol. The van der Waals surface area contributed by atoms with Gasteiger partial charge >= 0.3 is 6.09 Å². The van der Waals surface area contributed by atoms with Crippen LogP contribution in [0.1, 0.15) is 47.0 Å². The second-order valence-corrected chi connectivity index (χ2v) is 4.35. The minimum atomic E-state index is -0.290. The van der Waals surface area contributed by atoms with Gasteiger partial charge in [-0.25, -0.2) is 4.79 Å². The SMILES string of the molecule is CCCOC(=O)N[C@@H](C)CCCN(CC)CC. The van der Waals surface area contributed by atoms with Crippen molar-refractivity contribution in [3.63, 3.8) is 0 Å². The zero-order chi connectivity index (χ0) is 13.1. The van der Waals surface area contributed by atoms with Gasteiger partial charge in [0.25, 0.3) is 0 Å². The van der Waals surface area contributed by atoms with Gasteiger partial charge in [-0.3, -0.25) is 0 Å². The van der Waals surface area contributed by atoms with Crippen LogP contribution in [0, 0.1) is 0 Å². The Labute approximate surface area is 106 Å². The molecule has 0 aliphatic carbocycles. The normalized spacial score (nSPS) is 12.5. The minimum Gasteiger partial charge on any atom is -0.450 e. The molecule has 0 radical (unpaired) electrons. The zero-order valence-electron chi connectivity index (χ0n) is 11.8. The number of ether oxygens (including phenoxy) is 1. The molecule has 102 valence electrons. The van der Waals surface area contributed by atoms with Crippen LogP contribution in [-0.4, -0.2) is 43.3 Å². The lowest BCUT2D eigenvalue weighted by atomic mass is 10.2. The highest BCUT2D eigenvalue weighted by molar-refractivity contribution is 5.67. The lowest BCUT2D eigenvalue weighted by molar-refractivity contribution is 0.142. The van der Waals surface area contributed by atoms with Crippen molar-refractivity contribution in [2.75, 3.05) is 26.2 Å². The smallest absolute Gasteiger partial charge is 0.407 e. The van der Waals surface area contributed by atoms with Crippen molar-refractivity contribution >= 4 is 6.09 Å². The topological polar surface area (TPSA) is 41.6 Å². The number of carbonyl (C=O) groups is 1. The molecule has 0 rings (SSSR count). The second kappa shape index (κ2) is 10.4. The maximum absolute atomic E-state index is 11.3. The van der Waals surface area contributed by atoms with E-state index < -0.39 is 0 Å². The number of hydrogen-bond acceptors (Lipinski definition) is 3. The first-order valence-electron chi connectivity index (χ1n) is 6.79. The Morgan fingerprint density at radius 1 is 1.29 bits per heavy atom. The number of amides is 1. The van der Waals surface area contributed by atoms with Gasteiger partial charge in [-0.15, -0.1) is 0 Å². The van der Waals surface area contributed by atoms with Gasteiger partial charge < -0.3 is 15.0 Å². The van der Waals surface area contributed by atoms with E-state index >= 15 is 0 Å². The van der Waals surface area contributed by atoms with Gasteiger partial charge in [0.1, 0.15) is 0 Å². The summed E-state index contributed by atoms with van der Waals surface area (Å²) in [5.74, 6) is 0. The molecule has 1 atom stereocenters. The summed E-state index contributed by atoms with van der Waals surface area (Å²) in [6.07, 6.45) is 2.68. The van der Waals surface area contributed by atoms with Crippen molar-refractivity contribution in [2.45, 2.75) is 53.0 Å². The van der Waals surface area contributed by atoms with Gasteiger partial charge in [-0.2, -0.15) is 0 Å². The van der Waals surface area contributed by atoms with Crippen LogP contribution >= 0.6 is 0 Å². The standard InChI is InChI=1S/C13H28N2O2/c1-5-11-17-13(16)14-12(4)9-8-10-15(6-2)7-3/h12H,5-11H2,1-4H3,(H,14,16)/t12-/m0/s1. The van der Waals surface area contributed by atoms with Crippen molar-refractivity contribution in [2.24, 2.45) is 0 Å². The van der Waals surface area contributed by atoms with Crippen molar-refractivity contribution < 1.29 is 9.53 Å². The molecule has 0 aliphatic heterocycles. The molecule has 0 unspecified atom stereocenters. The minimum absolute atomic E-state index is 0.190. The molecule has 0 aromatic rings. The van der Waals surface area contributed by atoms with E-state index in [0.717, 1.165) is 38.9 Å². The molecule has 0 aromatic carbocycles. The fourth-order valence-electron chi connectivity index (χ4n) is 1.67. The molecule has 0 saturated heterocycles. The maximum Gasteiger partial charge on any atom is 0.407 e. The van der Waals surface area contributed by atoms with Gasteiger partial charge in [0.15, 0.2) is 0 Å². The van der Waals surface area contributed by atoms with Crippen molar-refractivity contribution in [3.05, 3.63) is 0 Å². The lowest BCUT2D eigenvalue weighted by Gasteiger charge is -2.19. The first kappa shape index (κ1) is 16.2. The Kier molecular flexibility index (Phi) is 9.92. The van der Waals surface area contributed by atoms with Crippen molar-refractivity contribution in [3.8, 4) is 0 Å². The van der Waals surface area contributed by atoms with E-state index in [-0.39, 0.29) is 12.1 Å². The third-order valence-corrected chi connectivity index (χ3v) is 2.81. The molecular weight excluding hydrogens is 216 g/mol. The average Bonchev–Trinajstić information content (AvgIpc) is 2.32. The predicted molar refractivity (Wildman–Crippen MR) is 71.3 cm³/mol. The van der Waals surface area contributed by atoms with Gasteiger partial charge in [-0.05, 0) is 45.8 Å². The highest BCUT2D eigenvalue weighted by Crippen LogP contribution is 2.00. The number of nitrogens with one attached hydrogen (secondary N) is 1. The summed E-state index contributed by atoms with van der Waals surface area (Å²) in [5.41, 5.74) is 0. The van der Waals surface area contributed by atoms with E-state index in [9.17, 15) is 4.79 Å². The van der Waals surface area contributed by atoms with Gasteiger partial charge in [-0.1, -0.05) is 20.8 Å².